The first-order chi connectivity index (χ1) is 10.1. The van der Waals surface area contributed by atoms with Crippen LogP contribution in [0, 0.1) is 0 Å². The van der Waals surface area contributed by atoms with E-state index < -0.39 is 0 Å². The lowest BCUT2D eigenvalue weighted by atomic mass is 10.0. The van der Waals surface area contributed by atoms with Gasteiger partial charge in [0.15, 0.2) is 0 Å². The zero-order valence-corrected chi connectivity index (χ0v) is 12.6. The van der Waals surface area contributed by atoms with Gasteiger partial charge in [-0.3, -0.25) is 9.78 Å². The van der Waals surface area contributed by atoms with Crippen molar-refractivity contribution in [1.82, 2.24) is 10.3 Å². The van der Waals surface area contributed by atoms with E-state index in [1.807, 2.05) is 12.1 Å². The fourth-order valence-corrected chi connectivity index (χ4v) is 2.05. The predicted octanol–water partition coefficient (Wildman–Crippen LogP) is 3.14. The number of ether oxygens (including phenoxy) is 1. The largest absolute Gasteiger partial charge is 0.496 e. The predicted molar refractivity (Wildman–Crippen MR) is 82.5 cm³/mol. The number of benzene rings is 1. The van der Waals surface area contributed by atoms with Crippen LogP contribution in [0.5, 0.6) is 5.75 Å². The summed E-state index contributed by atoms with van der Waals surface area (Å²) in [5.74, 6) is 1.13. The van der Waals surface area contributed by atoms with Gasteiger partial charge >= 0.3 is 0 Å². The number of nitrogens with one attached hydrogen (secondary N) is 1. The Labute approximate surface area is 125 Å². The molecule has 1 aromatic carbocycles. The van der Waals surface area contributed by atoms with Gasteiger partial charge in [-0.1, -0.05) is 26.0 Å². The summed E-state index contributed by atoms with van der Waals surface area (Å²) in [6, 6.07) is 9.48. The molecule has 1 amide bonds. The highest BCUT2D eigenvalue weighted by molar-refractivity contribution is 5.93. The van der Waals surface area contributed by atoms with Crippen LogP contribution in [0.2, 0.25) is 0 Å². The average molecular weight is 284 g/mol. The molecule has 0 saturated heterocycles. The normalized spacial score (nSPS) is 10.5. The lowest BCUT2D eigenvalue weighted by molar-refractivity contribution is 0.0950. The van der Waals surface area contributed by atoms with Crippen molar-refractivity contribution >= 4 is 5.91 Å². The third-order valence-corrected chi connectivity index (χ3v) is 3.36. The monoisotopic (exact) mass is 284 g/mol. The fraction of sp³-hybridized carbons (Fsp3) is 0.294. The molecule has 1 aromatic heterocycles. The van der Waals surface area contributed by atoms with Crippen LogP contribution in [0.1, 0.15) is 41.3 Å². The Morgan fingerprint density at radius 3 is 2.57 bits per heavy atom. The van der Waals surface area contributed by atoms with E-state index in [-0.39, 0.29) is 5.91 Å². The lowest BCUT2D eigenvalue weighted by Crippen LogP contribution is -2.23. The number of rotatable bonds is 5. The second kappa shape index (κ2) is 6.88. The molecule has 0 spiro atoms. The van der Waals surface area contributed by atoms with Crippen LogP contribution in [-0.2, 0) is 6.54 Å². The van der Waals surface area contributed by atoms with Gasteiger partial charge in [-0.25, -0.2) is 0 Å². The number of hydrogen-bond acceptors (Lipinski definition) is 3. The van der Waals surface area contributed by atoms with Crippen molar-refractivity contribution in [2.45, 2.75) is 26.3 Å². The second-order valence-corrected chi connectivity index (χ2v) is 5.14. The molecule has 1 heterocycles. The van der Waals surface area contributed by atoms with Crippen LogP contribution in [0.3, 0.4) is 0 Å². The molecule has 0 saturated carbocycles. The van der Waals surface area contributed by atoms with Crippen molar-refractivity contribution in [3.8, 4) is 5.75 Å². The minimum atomic E-state index is -0.118. The topological polar surface area (TPSA) is 51.2 Å². The number of aromatic nitrogens is 1. The van der Waals surface area contributed by atoms with Crippen LogP contribution in [-0.4, -0.2) is 18.0 Å². The number of carbonyl (C=O) groups excluding carboxylic acids is 1. The Morgan fingerprint density at radius 1 is 1.24 bits per heavy atom. The van der Waals surface area contributed by atoms with E-state index in [1.165, 1.54) is 5.56 Å². The molecular weight excluding hydrogens is 264 g/mol. The smallest absolute Gasteiger partial charge is 0.251 e. The molecule has 21 heavy (non-hydrogen) atoms. The molecule has 1 N–H and O–H groups in total. The Morgan fingerprint density at radius 2 is 1.95 bits per heavy atom. The molecule has 0 atom stereocenters. The summed E-state index contributed by atoms with van der Waals surface area (Å²) in [7, 11) is 1.65. The Hall–Kier alpha value is -2.36. The maximum absolute atomic E-state index is 12.0. The van der Waals surface area contributed by atoms with Gasteiger partial charge in [0.25, 0.3) is 5.91 Å². The standard InChI is InChI=1S/C17H20N2O2/c1-12(2)14-4-5-15(16(10-14)21-3)11-19-17(20)13-6-8-18-9-7-13/h4-10,12H,11H2,1-3H3,(H,19,20). The Bertz CT molecular complexity index is 609. The van der Waals surface area contributed by atoms with Crippen LogP contribution in [0.25, 0.3) is 0 Å². The molecule has 0 unspecified atom stereocenters. The summed E-state index contributed by atoms with van der Waals surface area (Å²) in [5.41, 5.74) is 2.78. The number of carbonyl (C=O) groups is 1. The molecule has 0 aliphatic heterocycles. The first-order valence-electron chi connectivity index (χ1n) is 6.97. The third kappa shape index (κ3) is 3.81. The molecule has 0 radical (unpaired) electrons. The minimum Gasteiger partial charge on any atom is -0.496 e. The van der Waals surface area contributed by atoms with Crippen LogP contribution >= 0.6 is 0 Å². The molecular formula is C17H20N2O2. The van der Waals surface area contributed by atoms with E-state index in [9.17, 15) is 4.79 Å². The highest BCUT2D eigenvalue weighted by Gasteiger charge is 2.09. The van der Waals surface area contributed by atoms with Crippen molar-refractivity contribution in [2.24, 2.45) is 0 Å². The molecule has 110 valence electrons. The summed E-state index contributed by atoms with van der Waals surface area (Å²) in [6.07, 6.45) is 3.21. The summed E-state index contributed by atoms with van der Waals surface area (Å²) in [6.45, 7) is 4.71. The zero-order chi connectivity index (χ0) is 15.2. The van der Waals surface area contributed by atoms with Crippen molar-refractivity contribution < 1.29 is 9.53 Å². The highest BCUT2D eigenvalue weighted by Crippen LogP contribution is 2.24. The molecule has 0 aliphatic rings. The van der Waals surface area contributed by atoms with Crippen LogP contribution < -0.4 is 10.1 Å². The van der Waals surface area contributed by atoms with Crippen molar-refractivity contribution in [3.63, 3.8) is 0 Å². The average Bonchev–Trinajstić information content (AvgIpc) is 2.53. The minimum absolute atomic E-state index is 0.118. The van der Waals surface area contributed by atoms with Crippen molar-refractivity contribution in [3.05, 3.63) is 59.4 Å². The molecule has 2 rings (SSSR count). The van der Waals surface area contributed by atoms with Gasteiger partial charge in [-0.15, -0.1) is 0 Å². The van der Waals surface area contributed by atoms with Gasteiger partial charge in [0.2, 0.25) is 0 Å². The van der Waals surface area contributed by atoms with E-state index >= 15 is 0 Å². The maximum Gasteiger partial charge on any atom is 0.251 e. The quantitative estimate of drug-likeness (QED) is 0.917. The summed E-state index contributed by atoms with van der Waals surface area (Å²) >= 11 is 0. The number of hydrogen-bond donors (Lipinski definition) is 1. The molecule has 0 bridgehead atoms. The number of amides is 1. The molecule has 4 heteroatoms. The SMILES string of the molecule is COc1cc(C(C)C)ccc1CNC(=O)c1ccncc1. The Balaban J connectivity index is 2.08. The van der Waals surface area contributed by atoms with E-state index in [0.29, 0.717) is 18.0 Å². The lowest BCUT2D eigenvalue weighted by Gasteiger charge is -2.13. The number of nitrogens with zero attached hydrogens (tertiary/aromatic N) is 1. The van der Waals surface area contributed by atoms with Gasteiger partial charge in [0.1, 0.15) is 5.75 Å². The summed E-state index contributed by atoms with van der Waals surface area (Å²) in [5, 5.41) is 2.89. The number of pyridine rings is 1. The maximum atomic E-state index is 12.0. The first kappa shape index (κ1) is 15.0. The van der Waals surface area contributed by atoms with Crippen molar-refractivity contribution in [2.75, 3.05) is 7.11 Å². The second-order valence-electron chi connectivity index (χ2n) is 5.14. The van der Waals surface area contributed by atoms with Gasteiger partial charge in [-0.05, 0) is 29.7 Å². The van der Waals surface area contributed by atoms with Crippen molar-refractivity contribution in [1.29, 1.82) is 0 Å². The molecule has 4 nitrogen and oxygen atoms in total. The Kier molecular flexibility index (Phi) is 4.93. The van der Waals surface area contributed by atoms with Crippen LogP contribution in [0.4, 0.5) is 0 Å². The van der Waals surface area contributed by atoms with Gasteiger partial charge in [-0.2, -0.15) is 0 Å². The first-order valence-corrected chi connectivity index (χ1v) is 6.97. The number of methoxy groups -OCH3 is 1. The molecule has 0 aliphatic carbocycles. The van der Waals surface area contributed by atoms with Crippen LogP contribution in [0.15, 0.2) is 42.7 Å². The summed E-state index contributed by atoms with van der Waals surface area (Å²) in [4.78, 5) is 15.9. The van der Waals surface area contributed by atoms with Gasteiger partial charge in [0.05, 0.1) is 7.11 Å². The fourth-order valence-electron chi connectivity index (χ4n) is 2.05. The zero-order valence-electron chi connectivity index (χ0n) is 12.6. The van der Waals surface area contributed by atoms with E-state index in [1.54, 1.807) is 31.6 Å². The highest BCUT2D eigenvalue weighted by atomic mass is 16.5. The third-order valence-electron chi connectivity index (χ3n) is 3.36. The van der Waals surface area contributed by atoms with E-state index in [0.717, 1.165) is 11.3 Å². The molecule has 0 fully saturated rings. The molecule has 2 aromatic rings. The van der Waals surface area contributed by atoms with Gasteiger partial charge < -0.3 is 10.1 Å². The summed E-state index contributed by atoms with van der Waals surface area (Å²) < 4.78 is 5.41. The van der Waals surface area contributed by atoms with Gasteiger partial charge in [0, 0.05) is 30.1 Å². The van der Waals surface area contributed by atoms with E-state index in [2.05, 4.69) is 30.2 Å². The van der Waals surface area contributed by atoms with E-state index in [4.69, 9.17) is 4.74 Å².